The van der Waals surface area contributed by atoms with E-state index in [9.17, 15) is 9.90 Å². The first kappa shape index (κ1) is 15.9. The van der Waals surface area contributed by atoms with Crippen molar-refractivity contribution in [3.63, 3.8) is 0 Å². The van der Waals surface area contributed by atoms with E-state index in [0.717, 1.165) is 5.16 Å². The minimum atomic E-state index is -1.18. The molecule has 1 heterocycles. The number of rotatable bonds is 6. The lowest BCUT2D eigenvalue weighted by atomic mass is 10.1. The van der Waals surface area contributed by atoms with E-state index < -0.39 is 12.0 Å². The van der Waals surface area contributed by atoms with Crippen molar-refractivity contribution in [2.75, 3.05) is 12.3 Å². The van der Waals surface area contributed by atoms with Gasteiger partial charge in [-0.2, -0.15) is 0 Å². The zero-order valence-electron chi connectivity index (χ0n) is 11.5. The van der Waals surface area contributed by atoms with Crippen LogP contribution in [0.2, 0.25) is 5.02 Å². The van der Waals surface area contributed by atoms with Gasteiger partial charge in [0.2, 0.25) is 0 Å². The summed E-state index contributed by atoms with van der Waals surface area (Å²) in [5.74, 6) is 0.266. The summed E-state index contributed by atoms with van der Waals surface area (Å²) >= 11 is 7.31. The summed E-state index contributed by atoms with van der Waals surface area (Å²) in [6.45, 7) is 0.459. The molecule has 0 saturated carbocycles. The maximum atomic E-state index is 11.8. The number of amides is 1. The highest BCUT2D eigenvalue weighted by Crippen LogP contribution is 2.17. The van der Waals surface area contributed by atoms with Gasteiger partial charge in [-0.1, -0.05) is 35.5 Å². The SMILES string of the molecule is Cn1ccnc1SCCNC(=O)[C@@H](O)c1ccc(Cl)cc1. The molecular weight excluding hydrogens is 310 g/mol. The van der Waals surface area contributed by atoms with Crippen LogP contribution in [0.5, 0.6) is 0 Å². The van der Waals surface area contributed by atoms with Crippen LogP contribution in [0.15, 0.2) is 41.8 Å². The predicted molar refractivity (Wildman–Crippen MR) is 83.4 cm³/mol. The molecule has 1 amide bonds. The quantitative estimate of drug-likeness (QED) is 0.630. The van der Waals surface area contributed by atoms with E-state index >= 15 is 0 Å². The van der Waals surface area contributed by atoms with Crippen LogP contribution in [-0.4, -0.2) is 32.9 Å². The zero-order chi connectivity index (χ0) is 15.2. The number of imidazole rings is 1. The van der Waals surface area contributed by atoms with E-state index in [1.54, 1.807) is 42.2 Å². The number of hydrogen-bond donors (Lipinski definition) is 2. The fourth-order valence-corrected chi connectivity index (χ4v) is 2.61. The molecule has 0 aliphatic carbocycles. The molecule has 1 aromatic heterocycles. The first-order chi connectivity index (χ1) is 10.1. The van der Waals surface area contributed by atoms with E-state index in [1.807, 2.05) is 17.8 Å². The Hall–Kier alpha value is -1.50. The standard InChI is InChI=1S/C14H16ClN3O2S/c1-18-8-6-17-14(18)21-9-7-16-13(20)12(19)10-2-4-11(15)5-3-10/h2-6,8,12,19H,7,9H2,1H3,(H,16,20)/t12-/m0/s1. The van der Waals surface area contributed by atoms with Crippen molar-refractivity contribution < 1.29 is 9.90 Å². The smallest absolute Gasteiger partial charge is 0.253 e. The summed E-state index contributed by atoms with van der Waals surface area (Å²) in [6.07, 6.45) is 2.41. The molecule has 0 radical (unpaired) electrons. The normalized spacial score (nSPS) is 12.1. The largest absolute Gasteiger partial charge is 0.378 e. The number of hydrogen-bond acceptors (Lipinski definition) is 4. The Kier molecular flexibility index (Phi) is 5.67. The minimum absolute atomic E-state index is 0.419. The average Bonchev–Trinajstić information content (AvgIpc) is 2.89. The zero-order valence-corrected chi connectivity index (χ0v) is 13.1. The van der Waals surface area contributed by atoms with Crippen molar-refractivity contribution in [1.29, 1.82) is 0 Å². The lowest BCUT2D eigenvalue weighted by Gasteiger charge is -2.11. The number of thioether (sulfide) groups is 1. The maximum Gasteiger partial charge on any atom is 0.253 e. The van der Waals surface area contributed by atoms with Gasteiger partial charge >= 0.3 is 0 Å². The van der Waals surface area contributed by atoms with Crippen LogP contribution in [0.25, 0.3) is 0 Å². The molecule has 5 nitrogen and oxygen atoms in total. The van der Waals surface area contributed by atoms with E-state index in [2.05, 4.69) is 10.3 Å². The number of nitrogens with one attached hydrogen (secondary N) is 1. The molecule has 0 saturated heterocycles. The predicted octanol–water partition coefficient (Wildman–Crippen LogP) is 2.02. The number of aliphatic hydroxyl groups excluding tert-OH is 1. The topological polar surface area (TPSA) is 67.2 Å². The van der Waals surface area contributed by atoms with Crippen molar-refractivity contribution >= 4 is 29.3 Å². The van der Waals surface area contributed by atoms with Gasteiger partial charge in [0.25, 0.3) is 5.91 Å². The van der Waals surface area contributed by atoms with Crippen LogP contribution >= 0.6 is 23.4 Å². The van der Waals surface area contributed by atoms with Gasteiger partial charge < -0.3 is 15.0 Å². The van der Waals surface area contributed by atoms with E-state index in [4.69, 9.17) is 11.6 Å². The van der Waals surface area contributed by atoms with Crippen LogP contribution in [0, 0.1) is 0 Å². The Labute approximate surface area is 132 Å². The van der Waals surface area contributed by atoms with Gasteiger partial charge in [-0.05, 0) is 17.7 Å². The molecule has 0 bridgehead atoms. The Balaban J connectivity index is 1.76. The molecule has 1 aromatic carbocycles. The average molecular weight is 326 g/mol. The monoisotopic (exact) mass is 325 g/mol. The van der Waals surface area contributed by atoms with Gasteiger partial charge in [0.1, 0.15) is 0 Å². The number of aromatic nitrogens is 2. The number of carbonyl (C=O) groups excluding carboxylic acids is 1. The lowest BCUT2D eigenvalue weighted by molar-refractivity contribution is -0.129. The Bertz CT molecular complexity index is 601. The molecule has 0 aliphatic heterocycles. The van der Waals surface area contributed by atoms with Crippen LogP contribution in [0.3, 0.4) is 0 Å². The lowest BCUT2D eigenvalue weighted by Crippen LogP contribution is -2.31. The van der Waals surface area contributed by atoms with Crippen molar-refractivity contribution in [1.82, 2.24) is 14.9 Å². The highest BCUT2D eigenvalue weighted by atomic mass is 35.5. The van der Waals surface area contributed by atoms with Crippen LogP contribution in [0.4, 0.5) is 0 Å². The van der Waals surface area contributed by atoms with Crippen LogP contribution in [0.1, 0.15) is 11.7 Å². The maximum absolute atomic E-state index is 11.8. The van der Waals surface area contributed by atoms with Crippen molar-refractivity contribution in [2.45, 2.75) is 11.3 Å². The highest BCUT2D eigenvalue weighted by molar-refractivity contribution is 7.99. The molecule has 0 fully saturated rings. The minimum Gasteiger partial charge on any atom is -0.378 e. The number of aliphatic hydroxyl groups is 1. The Morgan fingerprint density at radius 1 is 1.48 bits per heavy atom. The second-order valence-electron chi connectivity index (χ2n) is 4.41. The number of nitrogens with zero attached hydrogens (tertiary/aromatic N) is 2. The first-order valence-corrected chi connectivity index (χ1v) is 7.75. The molecule has 2 N–H and O–H groups in total. The van der Waals surface area contributed by atoms with E-state index in [0.29, 0.717) is 22.9 Å². The number of aryl methyl sites for hydroxylation is 1. The van der Waals surface area contributed by atoms with Crippen molar-refractivity contribution in [2.24, 2.45) is 7.05 Å². The van der Waals surface area contributed by atoms with Gasteiger partial charge in [0.05, 0.1) is 0 Å². The molecule has 112 valence electrons. The van der Waals surface area contributed by atoms with Gasteiger partial charge in [-0.25, -0.2) is 4.98 Å². The van der Waals surface area contributed by atoms with Gasteiger partial charge in [0, 0.05) is 36.8 Å². The summed E-state index contributed by atoms with van der Waals surface area (Å²) in [7, 11) is 1.91. The van der Waals surface area contributed by atoms with E-state index in [-0.39, 0.29) is 0 Å². The van der Waals surface area contributed by atoms with Gasteiger partial charge in [-0.15, -0.1) is 0 Å². The van der Waals surface area contributed by atoms with Crippen LogP contribution in [-0.2, 0) is 11.8 Å². The first-order valence-electron chi connectivity index (χ1n) is 6.39. The summed E-state index contributed by atoms with van der Waals surface area (Å²) in [5, 5.41) is 14.1. The Morgan fingerprint density at radius 3 is 2.81 bits per heavy atom. The molecule has 0 aliphatic rings. The summed E-state index contributed by atoms with van der Waals surface area (Å²) in [6, 6.07) is 6.55. The van der Waals surface area contributed by atoms with Gasteiger partial charge in [-0.3, -0.25) is 4.79 Å². The third-order valence-electron chi connectivity index (χ3n) is 2.84. The summed E-state index contributed by atoms with van der Waals surface area (Å²) < 4.78 is 1.91. The van der Waals surface area contributed by atoms with Crippen molar-refractivity contribution in [3.8, 4) is 0 Å². The third-order valence-corrected chi connectivity index (χ3v) is 4.16. The molecule has 0 unspecified atom stereocenters. The highest BCUT2D eigenvalue weighted by Gasteiger charge is 2.16. The fraction of sp³-hybridized carbons (Fsp3) is 0.286. The summed E-state index contributed by atoms with van der Waals surface area (Å²) in [5.41, 5.74) is 0.522. The molecule has 7 heteroatoms. The number of benzene rings is 1. The molecule has 0 spiro atoms. The second-order valence-corrected chi connectivity index (χ2v) is 5.91. The molecular formula is C14H16ClN3O2S. The van der Waals surface area contributed by atoms with Crippen LogP contribution < -0.4 is 5.32 Å². The molecule has 1 atom stereocenters. The molecule has 21 heavy (non-hydrogen) atoms. The van der Waals surface area contributed by atoms with E-state index in [1.165, 1.54) is 0 Å². The number of halogens is 1. The van der Waals surface area contributed by atoms with Crippen molar-refractivity contribution in [3.05, 3.63) is 47.2 Å². The molecule has 2 aromatic rings. The molecule has 2 rings (SSSR count). The number of carbonyl (C=O) groups is 1. The van der Waals surface area contributed by atoms with Gasteiger partial charge in [0.15, 0.2) is 11.3 Å². The third kappa shape index (κ3) is 4.49. The fourth-order valence-electron chi connectivity index (χ4n) is 1.70. The summed E-state index contributed by atoms with van der Waals surface area (Å²) in [4.78, 5) is 16.0. The Morgan fingerprint density at radius 2 is 2.19 bits per heavy atom. The second kappa shape index (κ2) is 7.49.